The Kier molecular flexibility index (Phi) is 3.88. The standard InChI is InChI=1S/C10H11BrN4O3S/c1-6-2-9(12-4-8(6)11)15-19(17,18)10-7(5-16)3-13-14-10/h2-4,16H,5H2,1H3,(H,12,15)(H,13,14). The van der Waals surface area contributed by atoms with Gasteiger partial charge in [-0.25, -0.2) is 4.98 Å². The summed E-state index contributed by atoms with van der Waals surface area (Å²) in [7, 11) is -3.85. The average molecular weight is 347 g/mol. The van der Waals surface area contributed by atoms with E-state index >= 15 is 0 Å². The van der Waals surface area contributed by atoms with Crippen LogP contribution < -0.4 is 4.72 Å². The molecule has 0 radical (unpaired) electrons. The number of aryl methyl sites for hydroxylation is 1. The molecule has 0 fully saturated rings. The molecule has 0 aliphatic heterocycles. The highest BCUT2D eigenvalue weighted by Crippen LogP contribution is 2.20. The number of rotatable bonds is 4. The quantitative estimate of drug-likeness (QED) is 0.769. The second-order valence-electron chi connectivity index (χ2n) is 3.81. The summed E-state index contributed by atoms with van der Waals surface area (Å²) in [6, 6.07) is 1.59. The zero-order valence-electron chi connectivity index (χ0n) is 9.88. The van der Waals surface area contributed by atoms with E-state index in [0.717, 1.165) is 10.0 Å². The van der Waals surface area contributed by atoms with Gasteiger partial charge in [0.25, 0.3) is 10.0 Å². The van der Waals surface area contributed by atoms with Gasteiger partial charge in [0, 0.05) is 16.2 Å². The summed E-state index contributed by atoms with van der Waals surface area (Å²) < 4.78 is 27.3. The van der Waals surface area contributed by atoms with Gasteiger partial charge in [0.15, 0.2) is 5.03 Å². The molecule has 102 valence electrons. The summed E-state index contributed by atoms with van der Waals surface area (Å²) in [4.78, 5) is 3.96. The first-order valence-electron chi connectivity index (χ1n) is 5.22. The number of aliphatic hydroxyl groups excluding tert-OH is 1. The number of H-pyrrole nitrogens is 1. The molecule has 0 amide bonds. The van der Waals surface area contributed by atoms with Gasteiger partial charge < -0.3 is 5.11 Å². The monoisotopic (exact) mass is 346 g/mol. The van der Waals surface area contributed by atoms with Crippen molar-refractivity contribution in [2.24, 2.45) is 0 Å². The van der Waals surface area contributed by atoms with Crippen molar-refractivity contribution in [1.82, 2.24) is 15.2 Å². The van der Waals surface area contributed by atoms with E-state index in [-0.39, 0.29) is 16.4 Å². The predicted octanol–water partition coefficient (Wildman–Crippen LogP) is 1.17. The lowest BCUT2D eigenvalue weighted by atomic mass is 10.3. The highest BCUT2D eigenvalue weighted by molar-refractivity contribution is 9.10. The summed E-state index contributed by atoms with van der Waals surface area (Å²) in [5.41, 5.74) is 1.04. The van der Waals surface area contributed by atoms with E-state index < -0.39 is 16.6 Å². The fourth-order valence-electron chi connectivity index (χ4n) is 1.43. The van der Waals surface area contributed by atoms with Gasteiger partial charge in [-0.15, -0.1) is 0 Å². The number of anilines is 1. The Hall–Kier alpha value is -1.45. The topological polar surface area (TPSA) is 108 Å². The van der Waals surface area contributed by atoms with Crippen LogP contribution in [-0.2, 0) is 16.6 Å². The van der Waals surface area contributed by atoms with Gasteiger partial charge in [-0.1, -0.05) is 0 Å². The number of sulfonamides is 1. The van der Waals surface area contributed by atoms with E-state index in [9.17, 15) is 8.42 Å². The molecular formula is C10H11BrN4O3S. The third-order valence-electron chi connectivity index (χ3n) is 2.40. The molecule has 0 aromatic carbocycles. The van der Waals surface area contributed by atoms with Gasteiger partial charge in [0.1, 0.15) is 5.82 Å². The molecule has 2 rings (SSSR count). The minimum absolute atomic E-state index is 0.169. The molecule has 7 nitrogen and oxygen atoms in total. The number of halogens is 1. The molecule has 0 spiro atoms. The van der Waals surface area contributed by atoms with Crippen LogP contribution >= 0.6 is 15.9 Å². The van der Waals surface area contributed by atoms with Crippen molar-refractivity contribution in [3.8, 4) is 0 Å². The second-order valence-corrected chi connectivity index (χ2v) is 6.28. The first kappa shape index (κ1) is 14.0. The maximum Gasteiger partial charge on any atom is 0.280 e. The van der Waals surface area contributed by atoms with Crippen molar-refractivity contribution in [2.75, 3.05) is 4.72 Å². The van der Waals surface area contributed by atoms with Crippen LogP contribution in [0, 0.1) is 6.92 Å². The van der Waals surface area contributed by atoms with Gasteiger partial charge in [-0.2, -0.15) is 13.5 Å². The Morgan fingerprint density at radius 2 is 2.21 bits per heavy atom. The predicted molar refractivity (Wildman–Crippen MR) is 72.0 cm³/mol. The second kappa shape index (κ2) is 5.27. The van der Waals surface area contributed by atoms with E-state index in [1.807, 2.05) is 6.92 Å². The van der Waals surface area contributed by atoms with Gasteiger partial charge >= 0.3 is 0 Å². The molecular weight excluding hydrogens is 336 g/mol. The van der Waals surface area contributed by atoms with Crippen LogP contribution in [0.2, 0.25) is 0 Å². The number of aliphatic hydroxyl groups is 1. The van der Waals surface area contributed by atoms with E-state index in [0.29, 0.717) is 0 Å². The molecule has 3 N–H and O–H groups in total. The maximum absolute atomic E-state index is 12.1. The molecule has 0 atom stereocenters. The minimum atomic E-state index is -3.85. The normalized spacial score (nSPS) is 11.5. The maximum atomic E-state index is 12.1. The fourth-order valence-corrected chi connectivity index (χ4v) is 2.77. The molecule has 0 aliphatic rings. The van der Waals surface area contributed by atoms with Crippen LogP contribution in [0.15, 0.2) is 28.0 Å². The van der Waals surface area contributed by atoms with Crippen LogP contribution in [0.1, 0.15) is 11.1 Å². The number of nitrogens with one attached hydrogen (secondary N) is 2. The first-order chi connectivity index (χ1) is 8.94. The van der Waals surface area contributed by atoms with Crippen LogP contribution in [0.4, 0.5) is 5.82 Å². The van der Waals surface area contributed by atoms with E-state index in [1.165, 1.54) is 12.4 Å². The van der Waals surface area contributed by atoms with Gasteiger partial charge in [-0.3, -0.25) is 9.82 Å². The number of aromatic nitrogens is 3. The van der Waals surface area contributed by atoms with Gasteiger partial charge in [-0.05, 0) is 34.5 Å². The van der Waals surface area contributed by atoms with Crippen LogP contribution in [-0.4, -0.2) is 28.7 Å². The van der Waals surface area contributed by atoms with Gasteiger partial charge in [0.2, 0.25) is 0 Å². The molecule has 0 saturated carbocycles. The number of pyridine rings is 1. The molecule has 2 heterocycles. The summed E-state index contributed by atoms with van der Waals surface area (Å²) in [6.07, 6.45) is 2.77. The first-order valence-corrected chi connectivity index (χ1v) is 7.49. The highest BCUT2D eigenvalue weighted by atomic mass is 79.9. The SMILES string of the molecule is Cc1cc(NS(=O)(=O)c2[nH]ncc2CO)ncc1Br. The van der Waals surface area contributed by atoms with Crippen molar-refractivity contribution in [1.29, 1.82) is 0 Å². The fraction of sp³-hybridized carbons (Fsp3) is 0.200. The number of hydrogen-bond donors (Lipinski definition) is 3. The molecule has 19 heavy (non-hydrogen) atoms. The average Bonchev–Trinajstić information content (AvgIpc) is 2.82. The van der Waals surface area contributed by atoms with E-state index in [1.54, 1.807) is 6.07 Å². The van der Waals surface area contributed by atoms with Crippen LogP contribution in [0.5, 0.6) is 0 Å². The van der Waals surface area contributed by atoms with E-state index in [4.69, 9.17) is 5.11 Å². The lowest BCUT2D eigenvalue weighted by Gasteiger charge is -2.08. The largest absolute Gasteiger partial charge is 0.392 e. The highest BCUT2D eigenvalue weighted by Gasteiger charge is 2.21. The molecule has 0 unspecified atom stereocenters. The number of aromatic amines is 1. The Morgan fingerprint density at radius 1 is 1.47 bits per heavy atom. The lowest BCUT2D eigenvalue weighted by Crippen LogP contribution is -2.16. The third kappa shape index (κ3) is 2.94. The summed E-state index contributed by atoms with van der Waals surface area (Å²) in [5, 5.41) is 14.8. The summed E-state index contributed by atoms with van der Waals surface area (Å²) >= 11 is 3.28. The smallest absolute Gasteiger partial charge is 0.280 e. The van der Waals surface area contributed by atoms with Crippen molar-refractivity contribution < 1.29 is 13.5 Å². The third-order valence-corrected chi connectivity index (χ3v) is 4.60. The molecule has 0 aliphatic carbocycles. The summed E-state index contributed by atoms with van der Waals surface area (Å²) in [6.45, 7) is 1.40. The van der Waals surface area contributed by atoms with Gasteiger partial charge in [0.05, 0.1) is 12.8 Å². The Balaban J connectivity index is 2.34. The number of nitrogens with zero attached hydrogens (tertiary/aromatic N) is 2. The molecule has 0 bridgehead atoms. The Morgan fingerprint density at radius 3 is 2.84 bits per heavy atom. The minimum Gasteiger partial charge on any atom is -0.392 e. The molecule has 0 saturated heterocycles. The van der Waals surface area contributed by atoms with Crippen molar-refractivity contribution in [3.63, 3.8) is 0 Å². The van der Waals surface area contributed by atoms with Crippen molar-refractivity contribution in [2.45, 2.75) is 18.6 Å². The Bertz CT molecular complexity index is 699. The van der Waals surface area contributed by atoms with Crippen molar-refractivity contribution in [3.05, 3.63) is 34.1 Å². The zero-order chi connectivity index (χ0) is 14.0. The lowest BCUT2D eigenvalue weighted by molar-refractivity contribution is 0.278. The number of hydrogen-bond acceptors (Lipinski definition) is 5. The Labute approximate surface area is 118 Å². The van der Waals surface area contributed by atoms with Crippen molar-refractivity contribution >= 4 is 31.8 Å². The zero-order valence-corrected chi connectivity index (χ0v) is 12.3. The summed E-state index contributed by atoms with van der Waals surface area (Å²) in [5.74, 6) is 0.194. The molecule has 2 aromatic heterocycles. The molecule has 2 aromatic rings. The molecule has 9 heteroatoms. The van der Waals surface area contributed by atoms with Crippen LogP contribution in [0.3, 0.4) is 0 Å². The van der Waals surface area contributed by atoms with Crippen LogP contribution in [0.25, 0.3) is 0 Å². The van der Waals surface area contributed by atoms with E-state index in [2.05, 4.69) is 35.8 Å².